The molecule has 0 atom stereocenters. The molecular formula is C17H17BrN2O. The number of aryl methyl sites for hydroxylation is 1. The quantitative estimate of drug-likeness (QED) is 0.678. The molecule has 0 radical (unpaired) electrons. The van der Waals surface area contributed by atoms with Crippen LogP contribution >= 0.6 is 15.9 Å². The van der Waals surface area contributed by atoms with Crippen molar-refractivity contribution in [3.05, 3.63) is 52.8 Å². The van der Waals surface area contributed by atoms with Crippen molar-refractivity contribution in [2.75, 3.05) is 0 Å². The summed E-state index contributed by atoms with van der Waals surface area (Å²) < 4.78 is 8.77. The number of hydrogen-bond acceptors (Lipinski definition) is 2. The Bertz CT molecular complexity index is 775. The summed E-state index contributed by atoms with van der Waals surface area (Å²) in [5, 5.41) is 0. The van der Waals surface area contributed by atoms with Crippen LogP contribution in [-0.2, 0) is 0 Å². The van der Waals surface area contributed by atoms with Gasteiger partial charge in [0, 0.05) is 22.4 Å². The van der Waals surface area contributed by atoms with Crippen LogP contribution in [0.5, 0.6) is 5.75 Å². The molecule has 0 amide bonds. The molecule has 0 aliphatic heterocycles. The van der Waals surface area contributed by atoms with Crippen molar-refractivity contribution in [1.29, 1.82) is 0 Å². The molecule has 2 aromatic heterocycles. The van der Waals surface area contributed by atoms with Crippen molar-refractivity contribution < 1.29 is 4.74 Å². The Kier molecular flexibility index (Phi) is 3.72. The van der Waals surface area contributed by atoms with Crippen LogP contribution < -0.4 is 4.74 Å². The van der Waals surface area contributed by atoms with Gasteiger partial charge >= 0.3 is 0 Å². The summed E-state index contributed by atoms with van der Waals surface area (Å²) in [6.45, 7) is 6.11. The summed E-state index contributed by atoms with van der Waals surface area (Å²) in [6, 6.07) is 10.1. The Morgan fingerprint density at radius 3 is 2.52 bits per heavy atom. The van der Waals surface area contributed by atoms with Crippen molar-refractivity contribution in [3.8, 4) is 17.0 Å². The Labute approximate surface area is 132 Å². The first-order valence-electron chi connectivity index (χ1n) is 6.95. The van der Waals surface area contributed by atoms with E-state index >= 15 is 0 Å². The van der Waals surface area contributed by atoms with Crippen LogP contribution in [0.4, 0.5) is 0 Å². The molecule has 3 nitrogen and oxygen atoms in total. The second kappa shape index (κ2) is 5.53. The van der Waals surface area contributed by atoms with Crippen LogP contribution in [0, 0.1) is 6.92 Å². The van der Waals surface area contributed by atoms with E-state index in [-0.39, 0.29) is 6.10 Å². The van der Waals surface area contributed by atoms with Gasteiger partial charge in [0.25, 0.3) is 0 Å². The third kappa shape index (κ3) is 2.95. The van der Waals surface area contributed by atoms with Gasteiger partial charge in [-0.3, -0.25) is 0 Å². The van der Waals surface area contributed by atoms with Gasteiger partial charge in [0.15, 0.2) is 0 Å². The summed E-state index contributed by atoms with van der Waals surface area (Å²) in [5.41, 5.74) is 4.18. The van der Waals surface area contributed by atoms with Crippen LogP contribution in [0.25, 0.3) is 16.9 Å². The summed E-state index contributed by atoms with van der Waals surface area (Å²) in [4.78, 5) is 4.72. The minimum atomic E-state index is 0.186. The molecule has 0 aliphatic rings. The predicted octanol–water partition coefficient (Wildman–Crippen LogP) is 4.86. The van der Waals surface area contributed by atoms with E-state index < -0.39 is 0 Å². The van der Waals surface area contributed by atoms with Crippen molar-refractivity contribution in [2.45, 2.75) is 26.9 Å². The number of hydrogen-bond donors (Lipinski definition) is 0. The lowest BCUT2D eigenvalue weighted by Crippen LogP contribution is -2.05. The molecule has 4 heteroatoms. The van der Waals surface area contributed by atoms with Crippen LogP contribution in [0.2, 0.25) is 0 Å². The number of pyridine rings is 1. The summed E-state index contributed by atoms with van der Waals surface area (Å²) >= 11 is 3.52. The third-order valence-electron chi connectivity index (χ3n) is 3.22. The largest absolute Gasteiger partial charge is 0.491 e. The molecule has 0 bridgehead atoms. The smallest absolute Gasteiger partial charge is 0.140 e. The van der Waals surface area contributed by atoms with Crippen LogP contribution in [-0.4, -0.2) is 15.5 Å². The zero-order valence-corrected chi connectivity index (χ0v) is 13.9. The normalized spacial score (nSPS) is 11.3. The average molecular weight is 345 g/mol. The van der Waals surface area contributed by atoms with Gasteiger partial charge in [-0.2, -0.15) is 0 Å². The van der Waals surface area contributed by atoms with Crippen molar-refractivity contribution in [3.63, 3.8) is 0 Å². The van der Waals surface area contributed by atoms with Gasteiger partial charge in [-0.25, -0.2) is 4.98 Å². The van der Waals surface area contributed by atoms with Gasteiger partial charge in [0.2, 0.25) is 0 Å². The van der Waals surface area contributed by atoms with Crippen LogP contribution in [0.15, 0.2) is 47.2 Å². The van der Waals surface area contributed by atoms with Crippen molar-refractivity contribution in [2.24, 2.45) is 0 Å². The number of benzene rings is 1. The number of imidazole rings is 1. The first-order chi connectivity index (χ1) is 10.0. The monoisotopic (exact) mass is 344 g/mol. The average Bonchev–Trinajstić information content (AvgIpc) is 2.83. The maximum absolute atomic E-state index is 5.67. The molecule has 0 fully saturated rings. The molecule has 21 heavy (non-hydrogen) atoms. The highest BCUT2D eigenvalue weighted by atomic mass is 79.9. The molecule has 2 heterocycles. The van der Waals surface area contributed by atoms with Gasteiger partial charge in [-0.05, 0) is 72.6 Å². The minimum absolute atomic E-state index is 0.186. The molecule has 108 valence electrons. The molecule has 3 rings (SSSR count). The molecule has 0 N–H and O–H groups in total. The van der Waals surface area contributed by atoms with E-state index in [1.807, 2.05) is 54.9 Å². The van der Waals surface area contributed by atoms with Crippen molar-refractivity contribution >= 4 is 21.6 Å². The highest BCUT2D eigenvalue weighted by Crippen LogP contribution is 2.25. The highest BCUT2D eigenvalue weighted by molar-refractivity contribution is 9.10. The second-order valence-corrected chi connectivity index (χ2v) is 6.31. The summed E-state index contributed by atoms with van der Waals surface area (Å²) in [6.07, 6.45) is 4.26. The number of ether oxygens (including phenoxy) is 1. The van der Waals surface area contributed by atoms with E-state index in [0.717, 1.165) is 32.7 Å². The molecule has 0 aliphatic carbocycles. The van der Waals surface area contributed by atoms with Crippen molar-refractivity contribution in [1.82, 2.24) is 9.38 Å². The van der Waals surface area contributed by atoms with E-state index in [4.69, 9.17) is 9.72 Å². The number of nitrogens with zero attached hydrogens (tertiary/aromatic N) is 2. The van der Waals surface area contributed by atoms with Gasteiger partial charge in [0.1, 0.15) is 11.4 Å². The molecular weight excluding hydrogens is 328 g/mol. The lowest BCUT2D eigenvalue weighted by Gasteiger charge is -2.09. The standard InChI is InChI=1S/C17H17BrN2O/c1-11(2)21-15-6-4-13(5-7-15)16-10-20-9-14(18)8-12(3)17(20)19-16/h4-11H,1-3H3. The molecule has 0 saturated heterocycles. The maximum atomic E-state index is 5.67. The fourth-order valence-corrected chi connectivity index (χ4v) is 2.90. The first-order valence-corrected chi connectivity index (χ1v) is 7.74. The third-order valence-corrected chi connectivity index (χ3v) is 3.66. The highest BCUT2D eigenvalue weighted by Gasteiger charge is 2.07. The molecule has 0 saturated carbocycles. The van der Waals surface area contributed by atoms with Crippen LogP contribution in [0.1, 0.15) is 19.4 Å². The van der Waals surface area contributed by atoms with E-state index in [1.165, 1.54) is 0 Å². The van der Waals surface area contributed by atoms with E-state index in [2.05, 4.69) is 28.9 Å². The topological polar surface area (TPSA) is 26.5 Å². The number of aromatic nitrogens is 2. The predicted molar refractivity (Wildman–Crippen MR) is 88.8 cm³/mol. The SMILES string of the molecule is Cc1cc(Br)cn2cc(-c3ccc(OC(C)C)cc3)nc12. The van der Waals surface area contributed by atoms with Gasteiger partial charge in [-0.1, -0.05) is 0 Å². The summed E-state index contributed by atoms with van der Waals surface area (Å²) in [7, 11) is 0. The minimum Gasteiger partial charge on any atom is -0.491 e. The Hall–Kier alpha value is -1.81. The lowest BCUT2D eigenvalue weighted by atomic mass is 10.1. The van der Waals surface area contributed by atoms with E-state index in [1.54, 1.807) is 0 Å². The Morgan fingerprint density at radius 2 is 1.86 bits per heavy atom. The van der Waals surface area contributed by atoms with Gasteiger partial charge in [-0.15, -0.1) is 0 Å². The molecule has 3 aromatic rings. The Balaban J connectivity index is 1.98. The van der Waals surface area contributed by atoms with E-state index in [9.17, 15) is 0 Å². The number of halogens is 1. The van der Waals surface area contributed by atoms with Crippen LogP contribution in [0.3, 0.4) is 0 Å². The Morgan fingerprint density at radius 1 is 1.14 bits per heavy atom. The van der Waals surface area contributed by atoms with Gasteiger partial charge in [0.05, 0.1) is 11.8 Å². The zero-order valence-electron chi connectivity index (χ0n) is 12.3. The lowest BCUT2D eigenvalue weighted by molar-refractivity contribution is 0.242. The first kappa shape index (κ1) is 14.1. The number of fused-ring (bicyclic) bond motifs is 1. The fourth-order valence-electron chi connectivity index (χ4n) is 2.34. The summed E-state index contributed by atoms with van der Waals surface area (Å²) in [5.74, 6) is 0.886. The number of rotatable bonds is 3. The molecule has 1 aromatic carbocycles. The maximum Gasteiger partial charge on any atom is 0.140 e. The fraction of sp³-hybridized carbons (Fsp3) is 0.235. The second-order valence-electron chi connectivity index (χ2n) is 5.39. The molecule has 0 spiro atoms. The van der Waals surface area contributed by atoms with E-state index in [0.29, 0.717) is 0 Å². The molecule has 0 unspecified atom stereocenters. The zero-order chi connectivity index (χ0) is 15.0. The van der Waals surface area contributed by atoms with Gasteiger partial charge < -0.3 is 9.14 Å².